The third-order valence-corrected chi connectivity index (χ3v) is 5.26. The Labute approximate surface area is 218 Å². The van der Waals surface area contributed by atoms with E-state index in [2.05, 4.69) is 48.1 Å². The third-order valence-electron chi connectivity index (χ3n) is 5.26. The summed E-state index contributed by atoms with van der Waals surface area (Å²) in [5.74, 6) is 0.833. The first-order chi connectivity index (χ1) is 17.5. The topological polar surface area (TPSA) is 94.4 Å². The number of alkyl halides is 3. The Bertz CT molecular complexity index is 1020. The predicted octanol–water partition coefficient (Wildman–Crippen LogP) is 5.36. The summed E-state index contributed by atoms with van der Waals surface area (Å²) in [6.07, 6.45) is 1.17. The Kier molecular flexibility index (Phi) is 12.0. The van der Waals surface area contributed by atoms with Gasteiger partial charge in [0.1, 0.15) is 6.17 Å². The molecule has 2 aromatic carbocycles. The molecule has 0 fully saturated rings. The van der Waals surface area contributed by atoms with Crippen LogP contribution >= 0.6 is 0 Å². The van der Waals surface area contributed by atoms with Gasteiger partial charge in [0.05, 0.1) is 18.3 Å². The molecular weight excluding hydrogens is 479 g/mol. The van der Waals surface area contributed by atoms with Gasteiger partial charge in [-0.25, -0.2) is 0 Å². The van der Waals surface area contributed by atoms with Crippen molar-refractivity contribution in [2.24, 2.45) is 11.7 Å². The van der Waals surface area contributed by atoms with Crippen molar-refractivity contribution in [2.75, 3.05) is 30.3 Å². The summed E-state index contributed by atoms with van der Waals surface area (Å²) in [7, 11) is 0. The molecule has 0 bridgehead atoms. The van der Waals surface area contributed by atoms with Crippen molar-refractivity contribution in [1.82, 2.24) is 10.6 Å². The van der Waals surface area contributed by atoms with Crippen LogP contribution in [0.4, 0.5) is 24.5 Å². The molecule has 0 radical (unpaired) electrons. The molecule has 3 rings (SSSR count). The number of halogens is 3. The zero-order valence-corrected chi connectivity index (χ0v) is 22.0. The Hall–Kier alpha value is -3.01. The van der Waals surface area contributed by atoms with Crippen LogP contribution in [0.5, 0.6) is 0 Å². The third kappa shape index (κ3) is 10.5. The van der Waals surface area contributed by atoms with E-state index in [1.807, 2.05) is 25.1 Å². The molecule has 0 saturated carbocycles. The van der Waals surface area contributed by atoms with Crippen molar-refractivity contribution in [3.8, 4) is 0 Å². The van der Waals surface area contributed by atoms with Crippen LogP contribution in [-0.4, -0.2) is 31.0 Å². The highest BCUT2D eigenvalue weighted by molar-refractivity contribution is 5.60. The lowest BCUT2D eigenvalue weighted by Crippen LogP contribution is -2.51. The van der Waals surface area contributed by atoms with E-state index in [9.17, 15) is 13.2 Å². The maximum atomic E-state index is 12.9. The minimum Gasteiger partial charge on any atom is -0.405 e. The lowest BCUT2D eigenvalue weighted by atomic mass is 9.99. The van der Waals surface area contributed by atoms with Crippen LogP contribution in [0.3, 0.4) is 0 Å². The minimum atomic E-state index is -4.37. The van der Waals surface area contributed by atoms with Gasteiger partial charge in [-0.1, -0.05) is 44.6 Å². The van der Waals surface area contributed by atoms with Gasteiger partial charge < -0.3 is 26.8 Å². The molecule has 6 nitrogen and oxygen atoms in total. The van der Waals surface area contributed by atoms with Crippen LogP contribution in [0.2, 0.25) is 0 Å². The van der Waals surface area contributed by atoms with Crippen molar-refractivity contribution in [2.45, 2.75) is 52.6 Å². The van der Waals surface area contributed by atoms with Gasteiger partial charge in [-0.3, -0.25) is 5.32 Å². The van der Waals surface area contributed by atoms with Crippen molar-refractivity contribution in [3.05, 3.63) is 83.1 Å². The number of benzene rings is 2. The number of fused-ring (bicyclic) bond motifs is 1. The number of nitrogens with one attached hydrogen (secondary N) is 4. The number of aliphatic hydroxyl groups excluding tert-OH is 1. The highest BCUT2D eigenvalue weighted by atomic mass is 19.4. The monoisotopic (exact) mass is 519 g/mol. The maximum absolute atomic E-state index is 12.9. The molecule has 2 aromatic rings. The summed E-state index contributed by atoms with van der Waals surface area (Å²) in [4.78, 5) is 0. The molecule has 0 amide bonds. The van der Waals surface area contributed by atoms with Crippen molar-refractivity contribution >= 4 is 11.4 Å². The molecule has 9 heteroatoms. The normalized spacial score (nSPS) is 17.7. The summed E-state index contributed by atoms with van der Waals surface area (Å²) >= 11 is 0. The van der Waals surface area contributed by atoms with Gasteiger partial charge in [0.15, 0.2) is 0 Å². The fourth-order valence-corrected chi connectivity index (χ4v) is 3.69. The second-order valence-corrected chi connectivity index (χ2v) is 9.67. The summed E-state index contributed by atoms with van der Waals surface area (Å²) in [5.41, 5.74) is 9.48. The largest absolute Gasteiger partial charge is 0.416 e. The molecule has 1 heterocycles. The van der Waals surface area contributed by atoms with Crippen molar-refractivity contribution in [3.63, 3.8) is 0 Å². The predicted molar refractivity (Wildman–Crippen MR) is 146 cm³/mol. The van der Waals surface area contributed by atoms with E-state index in [4.69, 9.17) is 10.8 Å². The van der Waals surface area contributed by atoms with Gasteiger partial charge in [0.25, 0.3) is 0 Å². The van der Waals surface area contributed by atoms with Crippen molar-refractivity contribution in [1.29, 1.82) is 0 Å². The Morgan fingerprint density at radius 3 is 2.41 bits per heavy atom. The number of nitrogens with two attached hydrogens (primary N) is 1. The fraction of sp³-hybridized carbons (Fsp3) is 0.429. The number of aliphatic hydroxyl groups is 1. The van der Waals surface area contributed by atoms with E-state index in [0.717, 1.165) is 46.9 Å². The van der Waals surface area contributed by atoms with E-state index in [0.29, 0.717) is 18.8 Å². The summed E-state index contributed by atoms with van der Waals surface area (Å²) in [5, 5.41) is 22.4. The van der Waals surface area contributed by atoms with Gasteiger partial charge >= 0.3 is 6.18 Å². The van der Waals surface area contributed by atoms with E-state index in [-0.39, 0.29) is 18.9 Å². The summed E-state index contributed by atoms with van der Waals surface area (Å²) < 4.78 is 38.7. The van der Waals surface area contributed by atoms with Crippen LogP contribution in [0, 0.1) is 5.92 Å². The van der Waals surface area contributed by atoms with Gasteiger partial charge in [-0.15, -0.1) is 0 Å². The molecule has 7 N–H and O–H groups in total. The highest BCUT2D eigenvalue weighted by Gasteiger charge is 2.30. The molecule has 2 unspecified atom stereocenters. The second kappa shape index (κ2) is 14.7. The van der Waals surface area contributed by atoms with Gasteiger partial charge in [0.2, 0.25) is 0 Å². The number of hydrogen-bond acceptors (Lipinski definition) is 6. The molecule has 37 heavy (non-hydrogen) atoms. The zero-order valence-electron chi connectivity index (χ0n) is 22.0. The molecule has 0 aromatic heterocycles. The summed E-state index contributed by atoms with van der Waals surface area (Å²) in [6, 6.07) is 11.1. The smallest absolute Gasteiger partial charge is 0.405 e. The number of anilines is 2. The molecule has 204 valence electrons. The van der Waals surface area contributed by atoms with Crippen LogP contribution in [-0.2, 0) is 12.6 Å². The van der Waals surface area contributed by atoms with E-state index >= 15 is 0 Å². The zero-order chi connectivity index (χ0) is 27.4. The molecule has 1 aliphatic rings. The van der Waals surface area contributed by atoms with Crippen molar-refractivity contribution < 1.29 is 18.3 Å². The Morgan fingerprint density at radius 2 is 1.81 bits per heavy atom. The van der Waals surface area contributed by atoms with Crippen LogP contribution in [0.15, 0.2) is 66.4 Å². The van der Waals surface area contributed by atoms with Gasteiger partial charge in [0, 0.05) is 30.0 Å². The molecule has 0 aliphatic carbocycles. The van der Waals surface area contributed by atoms with E-state index < -0.39 is 11.7 Å². The molecule has 2 atom stereocenters. The van der Waals surface area contributed by atoms with E-state index in [1.54, 1.807) is 6.08 Å². The number of hydrogen-bond donors (Lipinski definition) is 6. The first-order valence-corrected chi connectivity index (χ1v) is 12.5. The number of allylic oxidation sites excluding steroid dienone is 3. The van der Waals surface area contributed by atoms with Crippen LogP contribution < -0.4 is 27.0 Å². The fourth-order valence-electron chi connectivity index (χ4n) is 3.69. The first kappa shape index (κ1) is 30.2. The highest BCUT2D eigenvalue weighted by Crippen LogP contribution is 2.33. The first-order valence-electron chi connectivity index (χ1n) is 12.5. The number of rotatable bonds is 9. The second-order valence-electron chi connectivity index (χ2n) is 9.67. The van der Waals surface area contributed by atoms with E-state index in [1.165, 1.54) is 18.3 Å². The molecular formula is C28H40F3N5O. The lowest BCUT2D eigenvalue weighted by molar-refractivity contribution is -0.137. The van der Waals surface area contributed by atoms with Crippen LogP contribution in [0.1, 0.15) is 50.6 Å². The molecule has 0 saturated heterocycles. The molecule has 1 aliphatic heterocycles. The Balaban J connectivity index is 0.00000112. The quantitative estimate of drug-likeness (QED) is 0.197. The standard InChI is InChI=1S/C24H30F3N5O.C4H10/c1-16(3-2-10-28)13-17-4-9-20-21(14-17)31-22(15-29-11-12-33)32-23(20)30-19-7-5-18(6-8-19)24(25,26)27;1-4(2)3/h2-10,14,22-23,29-33H,11-13,15,28H2,1H3;4H,1-3H3/b10-2-,16-3-;. The Morgan fingerprint density at radius 1 is 1.14 bits per heavy atom. The maximum Gasteiger partial charge on any atom is 0.416 e. The molecule has 0 spiro atoms. The average Bonchev–Trinajstić information content (AvgIpc) is 2.82. The SMILES string of the molecule is C/C(=C/C=C\N)Cc1ccc2c(c1)NC(CNCCO)NC2Nc1ccc(C(F)(F)F)cc1.CC(C)C. The minimum absolute atomic E-state index is 0.0313. The summed E-state index contributed by atoms with van der Waals surface area (Å²) in [6.45, 7) is 9.58. The van der Waals surface area contributed by atoms with Crippen LogP contribution in [0.25, 0.3) is 0 Å². The lowest BCUT2D eigenvalue weighted by Gasteiger charge is -2.36. The average molecular weight is 520 g/mol. The van der Waals surface area contributed by atoms with Gasteiger partial charge in [-0.2, -0.15) is 13.2 Å². The van der Waals surface area contributed by atoms with Gasteiger partial charge in [-0.05, 0) is 67.4 Å².